The minimum Gasteiger partial charge on any atom is -0.497 e. The quantitative estimate of drug-likeness (QED) is 0.459. The lowest BCUT2D eigenvalue weighted by atomic mass is 10.1. The summed E-state index contributed by atoms with van der Waals surface area (Å²) in [6.07, 6.45) is 3.15. The monoisotopic (exact) mass is 410 g/mol. The van der Waals surface area contributed by atoms with Crippen LogP contribution in [0.3, 0.4) is 0 Å². The molecule has 1 amide bonds. The molecule has 2 aliphatic heterocycles. The van der Waals surface area contributed by atoms with Crippen LogP contribution < -0.4 is 4.74 Å². The molecule has 2 aromatic rings. The number of nitro benzene ring substituents is 1. The number of thioether (sulfide) groups is 1. The molecule has 146 valence electrons. The number of fused-ring (bicyclic) bond motifs is 1. The first-order valence-corrected chi connectivity index (χ1v) is 9.21. The summed E-state index contributed by atoms with van der Waals surface area (Å²) in [7, 11) is 1.43. The van der Waals surface area contributed by atoms with Crippen LogP contribution in [0.15, 0.2) is 56.4 Å². The summed E-state index contributed by atoms with van der Waals surface area (Å²) in [6.45, 7) is 1.87. The number of hydrogen-bond donors (Lipinski definition) is 1. The predicted octanol–water partition coefficient (Wildman–Crippen LogP) is 4.03. The Morgan fingerprint density at radius 2 is 2.14 bits per heavy atom. The summed E-state index contributed by atoms with van der Waals surface area (Å²) < 4.78 is 10.7. The highest BCUT2D eigenvalue weighted by molar-refractivity contribution is 8.17. The summed E-state index contributed by atoms with van der Waals surface area (Å²) in [4.78, 5) is 29.7. The summed E-state index contributed by atoms with van der Waals surface area (Å²) in [5.74, 6) is 0.362. The second-order valence-electron chi connectivity index (χ2n) is 6.16. The van der Waals surface area contributed by atoms with Crippen LogP contribution in [0.5, 0.6) is 5.75 Å². The molecule has 1 aromatic heterocycles. The number of nitro groups is 1. The number of furan rings is 1. The van der Waals surface area contributed by atoms with Gasteiger partial charge in [0.15, 0.2) is 5.17 Å². The van der Waals surface area contributed by atoms with E-state index in [0.29, 0.717) is 10.9 Å². The topological polar surface area (TPSA) is 122 Å². The average molecular weight is 410 g/mol. The molecule has 0 atom stereocenters. The molecule has 0 unspecified atom stereocenters. The molecule has 0 spiro atoms. The molecule has 9 nitrogen and oxygen atoms in total. The second-order valence-corrected chi connectivity index (χ2v) is 7.37. The van der Waals surface area contributed by atoms with Gasteiger partial charge >= 0.3 is 0 Å². The lowest BCUT2D eigenvalue weighted by Gasteiger charge is -2.21. The largest absolute Gasteiger partial charge is 0.497 e. The van der Waals surface area contributed by atoms with Gasteiger partial charge in [-0.05, 0) is 37.3 Å². The van der Waals surface area contributed by atoms with Gasteiger partial charge in [0.05, 0.1) is 29.2 Å². The summed E-state index contributed by atoms with van der Waals surface area (Å²) in [6, 6.07) is 7.59. The second kappa shape index (κ2) is 7.06. The first kappa shape index (κ1) is 18.7. The minimum atomic E-state index is -0.537. The molecule has 29 heavy (non-hydrogen) atoms. The van der Waals surface area contributed by atoms with Crippen LogP contribution in [-0.4, -0.2) is 33.8 Å². The van der Waals surface area contributed by atoms with Crippen molar-refractivity contribution in [2.45, 2.75) is 6.92 Å². The number of hydrogen-bond acceptors (Lipinski definition) is 7. The Kier molecular flexibility index (Phi) is 4.55. The maximum Gasteiger partial charge on any atom is 0.284 e. The zero-order valence-corrected chi connectivity index (χ0v) is 16.1. The number of ether oxygens (including phenoxy) is 1. The third-order valence-electron chi connectivity index (χ3n) is 4.27. The zero-order valence-electron chi connectivity index (χ0n) is 15.3. The lowest BCUT2D eigenvalue weighted by Crippen LogP contribution is -2.35. The zero-order chi connectivity index (χ0) is 20.7. The highest BCUT2D eigenvalue weighted by Gasteiger charge is 2.33. The summed E-state index contributed by atoms with van der Waals surface area (Å²) >= 11 is 1.32. The molecule has 1 N–H and O–H groups in total. The van der Waals surface area contributed by atoms with E-state index in [4.69, 9.17) is 14.6 Å². The van der Waals surface area contributed by atoms with E-state index in [1.54, 1.807) is 24.4 Å². The molecule has 0 bridgehead atoms. The van der Waals surface area contributed by atoms with Crippen molar-refractivity contribution in [1.29, 1.82) is 5.41 Å². The maximum atomic E-state index is 12.3. The van der Waals surface area contributed by atoms with Crippen LogP contribution in [0.2, 0.25) is 0 Å². The number of nitrogens with zero attached hydrogens (tertiary/aromatic N) is 3. The van der Waals surface area contributed by atoms with Crippen molar-refractivity contribution in [3.05, 3.63) is 62.9 Å². The molecule has 0 aliphatic carbocycles. The molecular formula is C19H14N4O5S. The van der Waals surface area contributed by atoms with E-state index in [1.165, 1.54) is 42.0 Å². The fourth-order valence-electron chi connectivity index (χ4n) is 2.92. The standard InChI is InChI=1S/C19H14N4O5S/c1-10-9-22-17(20)14(18(24)21-19(22)29-10)7-12-4-6-16(28-12)13-5-3-11(27-2)8-15(13)23(25)26/h3-9,20H,1-2H3/b14-7-,20-17?. The number of nitrogens with one attached hydrogen (secondary N) is 1. The van der Waals surface area contributed by atoms with E-state index in [9.17, 15) is 14.9 Å². The number of carbonyl (C=O) groups excluding carboxylic acids is 1. The number of methoxy groups -OCH3 is 1. The smallest absolute Gasteiger partial charge is 0.284 e. The first-order chi connectivity index (χ1) is 13.9. The van der Waals surface area contributed by atoms with Crippen LogP contribution in [0.1, 0.15) is 12.7 Å². The summed E-state index contributed by atoms with van der Waals surface area (Å²) in [5, 5.41) is 20.2. The Bertz CT molecular complexity index is 1160. The first-order valence-electron chi connectivity index (χ1n) is 8.39. The number of carbonyl (C=O) groups is 1. The Morgan fingerprint density at radius 1 is 1.34 bits per heavy atom. The Labute approximate surface area is 169 Å². The highest BCUT2D eigenvalue weighted by Crippen LogP contribution is 2.35. The molecule has 10 heteroatoms. The Balaban J connectivity index is 1.70. The van der Waals surface area contributed by atoms with Crippen LogP contribution >= 0.6 is 11.8 Å². The van der Waals surface area contributed by atoms with Crippen molar-refractivity contribution in [2.24, 2.45) is 4.99 Å². The molecule has 0 saturated heterocycles. The van der Waals surface area contributed by atoms with Gasteiger partial charge in [-0.15, -0.1) is 0 Å². The average Bonchev–Trinajstić information content (AvgIpc) is 3.30. The minimum absolute atomic E-state index is 0.00210. The molecule has 4 rings (SSSR count). The van der Waals surface area contributed by atoms with Crippen molar-refractivity contribution in [3.63, 3.8) is 0 Å². The SMILES string of the molecule is COc1ccc(-c2ccc(/C=C3/C(=N)N4C=C(C)SC4=NC3=O)o2)c([N+](=O)[O-])c1. The molecule has 0 fully saturated rings. The van der Waals surface area contributed by atoms with Crippen LogP contribution in [0.25, 0.3) is 17.4 Å². The van der Waals surface area contributed by atoms with Gasteiger partial charge in [0, 0.05) is 11.1 Å². The van der Waals surface area contributed by atoms with E-state index < -0.39 is 10.8 Å². The predicted molar refractivity (Wildman–Crippen MR) is 109 cm³/mol. The van der Waals surface area contributed by atoms with Crippen molar-refractivity contribution in [1.82, 2.24) is 4.90 Å². The van der Waals surface area contributed by atoms with Gasteiger partial charge in [0.2, 0.25) is 0 Å². The van der Waals surface area contributed by atoms with Crippen molar-refractivity contribution in [2.75, 3.05) is 7.11 Å². The van der Waals surface area contributed by atoms with E-state index in [2.05, 4.69) is 4.99 Å². The van der Waals surface area contributed by atoms with E-state index >= 15 is 0 Å². The Morgan fingerprint density at radius 3 is 2.86 bits per heavy atom. The summed E-state index contributed by atoms with van der Waals surface area (Å²) in [5.41, 5.74) is 0.189. The molecule has 2 aliphatic rings. The number of aliphatic imine (C=N–C) groups is 1. The molecule has 0 saturated carbocycles. The number of benzene rings is 1. The number of allylic oxidation sites excluding steroid dienone is 1. The van der Waals surface area contributed by atoms with Crippen LogP contribution in [0.4, 0.5) is 5.69 Å². The number of amides is 1. The van der Waals surface area contributed by atoms with Gasteiger partial charge in [-0.25, -0.2) is 0 Å². The lowest BCUT2D eigenvalue weighted by molar-refractivity contribution is -0.384. The van der Waals surface area contributed by atoms with Crippen LogP contribution in [0, 0.1) is 15.5 Å². The van der Waals surface area contributed by atoms with E-state index in [1.807, 2.05) is 6.92 Å². The van der Waals surface area contributed by atoms with Gasteiger partial charge in [-0.3, -0.25) is 25.2 Å². The maximum absolute atomic E-state index is 12.3. The van der Waals surface area contributed by atoms with Crippen molar-refractivity contribution >= 4 is 40.4 Å². The fourth-order valence-corrected chi connectivity index (χ4v) is 3.73. The fraction of sp³-hybridized carbons (Fsp3) is 0.105. The molecule has 1 aromatic carbocycles. The van der Waals surface area contributed by atoms with E-state index in [-0.39, 0.29) is 34.2 Å². The molecule has 3 heterocycles. The normalized spacial score (nSPS) is 17.3. The molecular weight excluding hydrogens is 396 g/mol. The highest BCUT2D eigenvalue weighted by atomic mass is 32.2. The van der Waals surface area contributed by atoms with Crippen LogP contribution in [-0.2, 0) is 4.79 Å². The van der Waals surface area contributed by atoms with Gasteiger partial charge < -0.3 is 9.15 Å². The van der Waals surface area contributed by atoms with Crippen molar-refractivity contribution < 1.29 is 18.9 Å². The van der Waals surface area contributed by atoms with Gasteiger partial charge in [-0.2, -0.15) is 4.99 Å². The Hall–Kier alpha value is -3.66. The number of amidine groups is 2. The molecule has 0 radical (unpaired) electrons. The van der Waals surface area contributed by atoms with E-state index in [0.717, 1.165) is 4.91 Å². The van der Waals surface area contributed by atoms with Crippen molar-refractivity contribution in [3.8, 4) is 17.1 Å². The third kappa shape index (κ3) is 3.34. The van der Waals surface area contributed by atoms with Gasteiger partial charge in [0.1, 0.15) is 23.1 Å². The number of rotatable bonds is 4. The van der Waals surface area contributed by atoms with Gasteiger partial charge in [-0.1, -0.05) is 11.8 Å². The third-order valence-corrected chi connectivity index (χ3v) is 5.17. The van der Waals surface area contributed by atoms with Gasteiger partial charge in [0.25, 0.3) is 11.6 Å².